The van der Waals surface area contributed by atoms with E-state index >= 15 is 0 Å². The number of aromatic nitrogens is 2. The minimum absolute atomic E-state index is 0.0607. The Hall–Kier alpha value is -1.79. The third kappa shape index (κ3) is 4.11. The fourth-order valence-electron chi connectivity index (χ4n) is 1.66. The second kappa shape index (κ2) is 6.96. The first-order valence-electron chi connectivity index (χ1n) is 5.88. The normalized spacial score (nSPS) is 12.1. The summed E-state index contributed by atoms with van der Waals surface area (Å²) in [6.07, 6.45) is 5.29. The number of rotatable bonds is 6. The van der Waals surface area contributed by atoms with E-state index in [-0.39, 0.29) is 12.0 Å². The van der Waals surface area contributed by atoms with Gasteiger partial charge in [0.2, 0.25) is 0 Å². The molecule has 0 aromatic carbocycles. The fourth-order valence-corrected chi connectivity index (χ4v) is 2.46. The molecule has 100 valence electrons. The van der Waals surface area contributed by atoms with Crippen LogP contribution >= 0.6 is 11.3 Å². The summed E-state index contributed by atoms with van der Waals surface area (Å²) in [7, 11) is 1.40. The lowest BCUT2D eigenvalue weighted by Gasteiger charge is -2.15. The average Bonchev–Trinajstić information content (AvgIpc) is 2.98. The summed E-state index contributed by atoms with van der Waals surface area (Å²) in [4.78, 5) is 20.8. The SMILES string of the molecule is COC(=O)CC(NCc1cnccn1)c1cccs1. The van der Waals surface area contributed by atoms with Gasteiger partial charge in [0.25, 0.3) is 0 Å². The molecule has 6 heteroatoms. The van der Waals surface area contributed by atoms with E-state index in [0.29, 0.717) is 13.0 Å². The van der Waals surface area contributed by atoms with Crippen LogP contribution in [0.4, 0.5) is 0 Å². The minimum atomic E-state index is -0.231. The maximum Gasteiger partial charge on any atom is 0.307 e. The summed E-state index contributed by atoms with van der Waals surface area (Å²) in [5, 5.41) is 5.30. The molecule has 2 aromatic rings. The lowest BCUT2D eigenvalue weighted by molar-refractivity contribution is -0.141. The summed E-state index contributed by atoms with van der Waals surface area (Å²) < 4.78 is 4.73. The van der Waals surface area contributed by atoms with Gasteiger partial charge in [0, 0.05) is 30.0 Å². The van der Waals surface area contributed by atoms with Crippen LogP contribution in [0.2, 0.25) is 0 Å². The molecule has 0 bridgehead atoms. The van der Waals surface area contributed by atoms with E-state index in [1.807, 2.05) is 17.5 Å². The van der Waals surface area contributed by atoms with Crippen LogP contribution in [0.15, 0.2) is 36.1 Å². The number of hydrogen-bond acceptors (Lipinski definition) is 6. The number of carbonyl (C=O) groups excluding carboxylic acids is 1. The first kappa shape index (κ1) is 13.6. The molecule has 0 amide bonds. The largest absolute Gasteiger partial charge is 0.469 e. The van der Waals surface area contributed by atoms with Gasteiger partial charge in [-0.3, -0.25) is 14.8 Å². The maximum absolute atomic E-state index is 11.4. The van der Waals surface area contributed by atoms with Gasteiger partial charge in [-0.15, -0.1) is 11.3 Å². The third-order valence-electron chi connectivity index (χ3n) is 2.63. The quantitative estimate of drug-likeness (QED) is 0.817. The van der Waals surface area contributed by atoms with Gasteiger partial charge in [0.05, 0.1) is 25.3 Å². The molecule has 2 heterocycles. The molecule has 0 aliphatic carbocycles. The van der Waals surface area contributed by atoms with Crippen molar-refractivity contribution in [3.8, 4) is 0 Å². The smallest absolute Gasteiger partial charge is 0.307 e. The zero-order chi connectivity index (χ0) is 13.5. The molecule has 0 spiro atoms. The van der Waals surface area contributed by atoms with Crippen molar-refractivity contribution in [1.82, 2.24) is 15.3 Å². The van der Waals surface area contributed by atoms with Crippen LogP contribution < -0.4 is 5.32 Å². The van der Waals surface area contributed by atoms with Crippen LogP contribution in [0.1, 0.15) is 23.0 Å². The predicted molar refractivity (Wildman–Crippen MR) is 72.6 cm³/mol. The highest BCUT2D eigenvalue weighted by Crippen LogP contribution is 2.22. The zero-order valence-corrected chi connectivity index (χ0v) is 11.4. The zero-order valence-electron chi connectivity index (χ0n) is 10.6. The molecule has 0 radical (unpaired) electrons. The molecule has 0 aliphatic heterocycles. The Morgan fingerprint density at radius 2 is 2.42 bits per heavy atom. The third-order valence-corrected chi connectivity index (χ3v) is 3.62. The molecule has 0 saturated heterocycles. The Labute approximate surface area is 115 Å². The number of carbonyl (C=O) groups is 1. The highest BCUT2D eigenvalue weighted by atomic mass is 32.1. The summed E-state index contributed by atoms with van der Waals surface area (Å²) in [6.45, 7) is 0.563. The molecular formula is C13H15N3O2S. The molecule has 2 aromatic heterocycles. The van der Waals surface area contributed by atoms with Crippen molar-refractivity contribution in [3.63, 3.8) is 0 Å². The lowest BCUT2D eigenvalue weighted by atomic mass is 10.1. The van der Waals surface area contributed by atoms with E-state index in [0.717, 1.165) is 10.6 Å². The summed E-state index contributed by atoms with van der Waals surface area (Å²) in [5.41, 5.74) is 0.842. The number of esters is 1. The van der Waals surface area contributed by atoms with E-state index in [9.17, 15) is 4.79 Å². The maximum atomic E-state index is 11.4. The highest BCUT2D eigenvalue weighted by Gasteiger charge is 2.17. The standard InChI is InChI=1S/C13H15N3O2S/c1-18-13(17)7-11(12-3-2-6-19-12)16-9-10-8-14-4-5-15-10/h2-6,8,11,16H,7,9H2,1H3. The van der Waals surface area contributed by atoms with Gasteiger partial charge >= 0.3 is 5.97 Å². The van der Waals surface area contributed by atoms with E-state index in [4.69, 9.17) is 4.74 Å². The first-order valence-corrected chi connectivity index (χ1v) is 6.76. The van der Waals surface area contributed by atoms with Gasteiger partial charge in [-0.1, -0.05) is 6.07 Å². The fraction of sp³-hybridized carbons (Fsp3) is 0.308. The van der Waals surface area contributed by atoms with Gasteiger partial charge in [0.15, 0.2) is 0 Å². The van der Waals surface area contributed by atoms with E-state index in [1.54, 1.807) is 29.9 Å². The summed E-state index contributed by atoms with van der Waals surface area (Å²) in [6, 6.07) is 3.91. The van der Waals surface area contributed by atoms with Crippen LogP contribution in [0.3, 0.4) is 0 Å². The van der Waals surface area contributed by atoms with Crippen LogP contribution in [0, 0.1) is 0 Å². The van der Waals surface area contributed by atoms with E-state index in [1.165, 1.54) is 7.11 Å². The number of ether oxygens (including phenoxy) is 1. The van der Waals surface area contributed by atoms with Crippen LogP contribution in [-0.2, 0) is 16.1 Å². The topological polar surface area (TPSA) is 64.1 Å². The monoisotopic (exact) mass is 277 g/mol. The van der Waals surface area contributed by atoms with Gasteiger partial charge in [-0.2, -0.15) is 0 Å². The van der Waals surface area contributed by atoms with Crippen molar-refractivity contribution in [2.75, 3.05) is 7.11 Å². The van der Waals surface area contributed by atoms with Crippen molar-refractivity contribution in [1.29, 1.82) is 0 Å². The van der Waals surface area contributed by atoms with Gasteiger partial charge in [-0.25, -0.2) is 0 Å². The first-order chi connectivity index (χ1) is 9.29. The Morgan fingerprint density at radius 1 is 1.53 bits per heavy atom. The van der Waals surface area contributed by atoms with Crippen molar-refractivity contribution in [2.24, 2.45) is 0 Å². The lowest BCUT2D eigenvalue weighted by Crippen LogP contribution is -2.23. The molecule has 1 N–H and O–H groups in total. The summed E-state index contributed by atoms with van der Waals surface area (Å²) in [5.74, 6) is -0.231. The molecule has 0 aliphatic rings. The Kier molecular flexibility index (Phi) is 5.00. The van der Waals surface area contributed by atoms with Crippen LogP contribution in [0.25, 0.3) is 0 Å². The van der Waals surface area contributed by atoms with Gasteiger partial charge < -0.3 is 10.1 Å². The van der Waals surface area contributed by atoms with E-state index < -0.39 is 0 Å². The van der Waals surface area contributed by atoms with Crippen molar-refractivity contribution >= 4 is 17.3 Å². The molecule has 0 fully saturated rings. The molecule has 5 nitrogen and oxygen atoms in total. The molecule has 1 unspecified atom stereocenters. The Balaban J connectivity index is 2.00. The number of nitrogens with one attached hydrogen (secondary N) is 1. The second-order valence-corrected chi connectivity index (χ2v) is 4.91. The highest BCUT2D eigenvalue weighted by molar-refractivity contribution is 7.10. The van der Waals surface area contributed by atoms with E-state index in [2.05, 4.69) is 15.3 Å². The summed E-state index contributed by atoms with van der Waals surface area (Å²) >= 11 is 1.61. The van der Waals surface area contributed by atoms with Crippen molar-refractivity contribution < 1.29 is 9.53 Å². The van der Waals surface area contributed by atoms with Crippen LogP contribution in [-0.4, -0.2) is 23.0 Å². The van der Waals surface area contributed by atoms with Crippen molar-refractivity contribution in [3.05, 3.63) is 46.7 Å². The molecule has 19 heavy (non-hydrogen) atoms. The number of methoxy groups -OCH3 is 1. The van der Waals surface area contributed by atoms with Gasteiger partial charge in [0.1, 0.15) is 0 Å². The molecule has 1 atom stereocenters. The minimum Gasteiger partial charge on any atom is -0.469 e. The van der Waals surface area contributed by atoms with Crippen LogP contribution in [0.5, 0.6) is 0 Å². The Bertz CT molecular complexity index is 502. The van der Waals surface area contributed by atoms with Gasteiger partial charge in [-0.05, 0) is 11.4 Å². The number of thiophene rings is 1. The predicted octanol–water partition coefficient (Wildman–Crippen LogP) is 1.93. The van der Waals surface area contributed by atoms with Crippen molar-refractivity contribution in [2.45, 2.75) is 19.0 Å². The number of nitrogens with zero attached hydrogens (tertiary/aromatic N) is 2. The molecule has 0 saturated carbocycles. The average molecular weight is 277 g/mol. The molecule has 2 rings (SSSR count). The molecular weight excluding hydrogens is 262 g/mol. The number of hydrogen-bond donors (Lipinski definition) is 1. The second-order valence-electron chi connectivity index (χ2n) is 3.93. The Morgan fingerprint density at radius 3 is 3.05 bits per heavy atom.